The number of halogens is 1. The lowest BCUT2D eigenvalue weighted by molar-refractivity contribution is -0.384. The third-order valence-electron chi connectivity index (χ3n) is 3.64. The second-order valence-corrected chi connectivity index (χ2v) is 5.38. The van der Waals surface area contributed by atoms with Crippen molar-refractivity contribution in [2.45, 2.75) is 12.8 Å². The maximum atomic E-state index is 10.7. The van der Waals surface area contributed by atoms with E-state index in [0.29, 0.717) is 5.02 Å². The van der Waals surface area contributed by atoms with E-state index in [2.05, 4.69) is 13.0 Å². The smallest absolute Gasteiger partial charge is 0.258 e. The molecule has 0 spiro atoms. The molecule has 0 N–H and O–H groups in total. The molecule has 3 rings (SSSR count). The Morgan fingerprint density at radius 2 is 1.85 bits per heavy atom. The summed E-state index contributed by atoms with van der Waals surface area (Å²) < 4.78 is 0. The molecule has 20 heavy (non-hydrogen) atoms. The van der Waals surface area contributed by atoms with Crippen LogP contribution in [0.25, 0.3) is 6.08 Å². The van der Waals surface area contributed by atoms with E-state index in [1.54, 1.807) is 12.1 Å². The fourth-order valence-corrected chi connectivity index (χ4v) is 2.91. The zero-order valence-electron chi connectivity index (χ0n) is 10.8. The van der Waals surface area contributed by atoms with Gasteiger partial charge in [-0.2, -0.15) is 0 Å². The van der Waals surface area contributed by atoms with Crippen molar-refractivity contribution >= 4 is 23.4 Å². The van der Waals surface area contributed by atoms with Crippen LogP contribution in [-0.2, 0) is 0 Å². The zero-order valence-corrected chi connectivity index (χ0v) is 11.6. The van der Waals surface area contributed by atoms with E-state index in [1.165, 1.54) is 5.57 Å². The van der Waals surface area contributed by atoms with Gasteiger partial charge in [0.15, 0.2) is 0 Å². The highest BCUT2D eigenvalue weighted by atomic mass is 35.5. The number of nitro benzene ring substituents is 1. The van der Waals surface area contributed by atoms with Gasteiger partial charge in [0, 0.05) is 23.1 Å². The summed E-state index contributed by atoms with van der Waals surface area (Å²) in [4.78, 5) is 10.3. The molecular weight excluding hydrogens is 274 g/mol. The maximum Gasteiger partial charge on any atom is 0.269 e. The summed E-state index contributed by atoms with van der Waals surface area (Å²) in [6, 6.07) is 12.6. The van der Waals surface area contributed by atoms with Crippen LogP contribution < -0.4 is 0 Å². The van der Waals surface area contributed by atoms with Crippen LogP contribution in [0.5, 0.6) is 0 Å². The van der Waals surface area contributed by atoms with Crippen molar-refractivity contribution in [3.8, 4) is 0 Å². The molecule has 0 heterocycles. The molecule has 0 saturated carbocycles. The number of hydrogen-bond acceptors (Lipinski definition) is 2. The molecule has 0 radical (unpaired) electrons. The van der Waals surface area contributed by atoms with E-state index in [0.717, 1.165) is 16.7 Å². The first-order chi connectivity index (χ1) is 9.56. The Kier molecular flexibility index (Phi) is 3.07. The van der Waals surface area contributed by atoms with Crippen molar-refractivity contribution in [2.75, 3.05) is 0 Å². The fourth-order valence-electron chi connectivity index (χ4n) is 2.73. The van der Waals surface area contributed by atoms with Crippen LogP contribution in [0.15, 0.2) is 48.0 Å². The predicted molar refractivity (Wildman–Crippen MR) is 80.0 cm³/mol. The number of allylic oxidation sites excluding steroid dienone is 1. The minimum Gasteiger partial charge on any atom is -0.258 e. The monoisotopic (exact) mass is 285 g/mol. The molecule has 0 bridgehead atoms. The lowest BCUT2D eigenvalue weighted by Crippen LogP contribution is -2.00. The first kappa shape index (κ1) is 12.9. The zero-order chi connectivity index (χ0) is 14.3. The van der Waals surface area contributed by atoms with Gasteiger partial charge in [-0.3, -0.25) is 10.1 Å². The van der Waals surface area contributed by atoms with E-state index in [1.807, 2.05) is 30.3 Å². The van der Waals surface area contributed by atoms with E-state index < -0.39 is 0 Å². The van der Waals surface area contributed by atoms with Crippen LogP contribution >= 0.6 is 11.6 Å². The number of benzene rings is 2. The number of fused-ring (bicyclic) bond motifs is 1. The molecule has 1 atom stereocenters. The van der Waals surface area contributed by atoms with Gasteiger partial charge in [0.1, 0.15) is 0 Å². The van der Waals surface area contributed by atoms with Crippen LogP contribution in [0, 0.1) is 10.1 Å². The summed E-state index contributed by atoms with van der Waals surface area (Å²) in [5.74, 6) is 0.129. The molecule has 3 nitrogen and oxygen atoms in total. The quantitative estimate of drug-likeness (QED) is 0.588. The average Bonchev–Trinajstić information content (AvgIpc) is 2.74. The van der Waals surface area contributed by atoms with Gasteiger partial charge < -0.3 is 0 Å². The van der Waals surface area contributed by atoms with Crippen LogP contribution in [-0.4, -0.2) is 4.92 Å². The number of non-ortho nitro benzene ring substituents is 1. The van der Waals surface area contributed by atoms with Gasteiger partial charge in [-0.05, 0) is 35.7 Å². The molecule has 0 aromatic heterocycles. The lowest BCUT2D eigenvalue weighted by atomic mass is 9.89. The Morgan fingerprint density at radius 1 is 1.15 bits per heavy atom. The molecule has 4 heteroatoms. The molecule has 1 aliphatic rings. The van der Waals surface area contributed by atoms with Crippen LogP contribution in [0.3, 0.4) is 0 Å². The van der Waals surface area contributed by atoms with E-state index in [9.17, 15) is 10.1 Å². The summed E-state index contributed by atoms with van der Waals surface area (Å²) in [6.07, 6.45) is 2.14. The molecule has 0 saturated heterocycles. The first-order valence-corrected chi connectivity index (χ1v) is 6.66. The standard InChI is InChI=1S/C16H12ClNO2/c1-10-8-12-2-5-13(17)9-15(12)16(10)11-3-6-14(7-4-11)18(19)20/h2-9,16H,1H3. The summed E-state index contributed by atoms with van der Waals surface area (Å²) >= 11 is 6.08. The molecule has 1 unspecified atom stereocenters. The number of nitro groups is 1. The fraction of sp³-hybridized carbons (Fsp3) is 0.125. The SMILES string of the molecule is CC1=Cc2ccc(Cl)cc2C1c1ccc([N+](=O)[O-])cc1. The van der Waals surface area contributed by atoms with Crippen molar-refractivity contribution in [1.82, 2.24) is 0 Å². The molecule has 0 aliphatic heterocycles. The highest BCUT2D eigenvalue weighted by molar-refractivity contribution is 6.30. The molecular formula is C16H12ClNO2. The van der Waals surface area contributed by atoms with Crippen LogP contribution in [0.2, 0.25) is 5.02 Å². The largest absolute Gasteiger partial charge is 0.269 e. The third-order valence-corrected chi connectivity index (χ3v) is 3.87. The normalized spacial score (nSPS) is 16.7. The Balaban J connectivity index is 2.05. The number of rotatable bonds is 2. The summed E-state index contributed by atoms with van der Waals surface area (Å²) in [7, 11) is 0. The van der Waals surface area contributed by atoms with E-state index in [4.69, 9.17) is 11.6 Å². The van der Waals surface area contributed by atoms with Gasteiger partial charge in [-0.15, -0.1) is 0 Å². The first-order valence-electron chi connectivity index (χ1n) is 6.28. The van der Waals surface area contributed by atoms with Crippen molar-refractivity contribution in [2.24, 2.45) is 0 Å². The van der Waals surface area contributed by atoms with Crippen molar-refractivity contribution in [3.05, 3.63) is 79.9 Å². The number of hydrogen-bond donors (Lipinski definition) is 0. The maximum absolute atomic E-state index is 10.7. The highest BCUT2D eigenvalue weighted by Crippen LogP contribution is 2.41. The van der Waals surface area contributed by atoms with Crippen molar-refractivity contribution in [3.63, 3.8) is 0 Å². The average molecular weight is 286 g/mol. The number of nitrogens with zero attached hydrogens (tertiary/aromatic N) is 1. The van der Waals surface area contributed by atoms with E-state index >= 15 is 0 Å². The van der Waals surface area contributed by atoms with Gasteiger partial charge in [0.05, 0.1) is 4.92 Å². The van der Waals surface area contributed by atoms with Crippen LogP contribution in [0.4, 0.5) is 5.69 Å². The Hall–Kier alpha value is -2.13. The minimum absolute atomic E-state index is 0.111. The molecule has 100 valence electrons. The minimum atomic E-state index is -0.383. The molecule has 2 aromatic carbocycles. The van der Waals surface area contributed by atoms with Crippen LogP contribution in [0.1, 0.15) is 29.5 Å². The van der Waals surface area contributed by atoms with Crippen molar-refractivity contribution < 1.29 is 4.92 Å². The van der Waals surface area contributed by atoms with Gasteiger partial charge in [-0.1, -0.05) is 41.4 Å². The Morgan fingerprint density at radius 3 is 2.50 bits per heavy atom. The molecule has 0 amide bonds. The van der Waals surface area contributed by atoms with E-state index in [-0.39, 0.29) is 16.5 Å². The summed E-state index contributed by atoms with van der Waals surface area (Å²) in [5, 5.41) is 11.4. The van der Waals surface area contributed by atoms with Gasteiger partial charge >= 0.3 is 0 Å². The van der Waals surface area contributed by atoms with Gasteiger partial charge in [0.2, 0.25) is 0 Å². The lowest BCUT2D eigenvalue weighted by Gasteiger charge is -2.15. The predicted octanol–water partition coefficient (Wildman–Crippen LogP) is 4.80. The third kappa shape index (κ3) is 2.10. The Labute approximate surface area is 121 Å². The highest BCUT2D eigenvalue weighted by Gasteiger charge is 2.24. The second-order valence-electron chi connectivity index (χ2n) is 4.94. The molecule has 1 aliphatic carbocycles. The Bertz CT molecular complexity index is 720. The van der Waals surface area contributed by atoms with Gasteiger partial charge in [-0.25, -0.2) is 0 Å². The molecule has 2 aromatic rings. The van der Waals surface area contributed by atoms with Crippen molar-refractivity contribution in [1.29, 1.82) is 0 Å². The summed E-state index contributed by atoms with van der Waals surface area (Å²) in [5.41, 5.74) is 4.69. The topological polar surface area (TPSA) is 43.1 Å². The summed E-state index contributed by atoms with van der Waals surface area (Å²) in [6.45, 7) is 2.07. The molecule has 0 fully saturated rings. The second kappa shape index (κ2) is 4.76. The van der Waals surface area contributed by atoms with Gasteiger partial charge in [0.25, 0.3) is 5.69 Å².